The fourth-order valence-corrected chi connectivity index (χ4v) is 4.80. The number of amides is 1. The zero-order chi connectivity index (χ0) is 20.6. The lowest BCUT2D eigenvalue weighted by Gasteiger charge is -2.27. The number of nitrogens with one attached hydrogen (secondary N) is 2. The molecule has 1 amide bonds. The van der Waals surface area contributed by atoms with Crippen LogP contribution in [0.2, 0.25) is 5.02 Å². The van der Waals surface area contributed by atoms with Gasteiger partial charge in [0.1, 0.15) is 4.90 Å². The van der Waals surface area contributed by atoms with E-state index >= 15 is 0 Å². The summed E-state index contributed by atoms with van der Waals surface area (Å²) in [6.07, 6.45) is 2.08. The quantitative estimate of drug-likeness (QED) is 0.549. The molecule has 2 rings (SSSR count). The van der Waals surface area contributed by atoms with Crippen molar-refractivity contribution >= 4 is 27.5 Å². The summed E-state index contributed by atoms with van der Waals surface area (Å²) in [4.78, 5) is 14.5. The Hall–Kier alpha value is -1.19. The van der Waals surface area contributed by atoms with Gasteiger partial charge in [-0.15, -0.1) is 0 Å². The monoisotopic (exact) mass is 430 g/mol. The van der Waals surface area contributed by atoms with Gasteiger partial charge in [-0.3, -0.25) is 4.79 Å². The summed E-state index contributed by atoms with van der Waals surface area (Å²) >= 11 is 6.15. The molecule has 1 aromatic carbocycles. The van der Waals surface area contributed by atoms with Gasteiger partial charge < -0.3 is 15.5 Å². The van der Waals surface area contributed by atoms with E-state index in [9.17, 15) is 13.2 Å². The number of sulfonamides is 1. The van der Waals surface area contributed by atoms with Gasteiger partial charge >= 0.3 is 0 Å². The number of hydrogen-bond donors (Lipinski definition) is 2. The van der Waals surface area contributed by atoms with Crippen LogP contribution in [0.4, 0.5) is 0 Å². The number of aryl methyl sites for hydroxylation is 1. The van der Waals surface area contributed by atoms with Crippen LogP contribution in [0.15, 0.2) is 23.1 Å². The second-order valence-corrected chi connectivity index (χ2v) is 9.50. The lowest BCUT2D eigenvalue weighted by Crippen LogP contribution is -2.43. The molecular weight excluding hydrogens is 400 g/mol. The van der Waals surface area contributed by atoms with Gasteiger partial charge in [-0.05, 0) is 37.9 Å². The molecule has 0 aliphatic carbocycles. The molecule has 0 unspecified atom stereocenters. The predicted molar refractivity (Wildman–Crippen MR) is 112 cm³/mol. The van der Waals surface area contributed by atoms with Crippen molar-refractivity contribution < 1.29 is 13.2 Å². The predicted octanol–water partition coefficient (Wildman–Crippen LogP) is 1.46. The molecule has 1 aromatic rings. The van der Waals surface area contributed by atoms with Gasteiger partial charge in [-0.25, -0.2) is 12.7 Å². The van der Waals surface area contributed by atoms with E-state index in [0.717, 1.165) is 45.6 Å². The van der Waals surface area contributed by atoms with Crippen LogP contribution in [0.25, 0.3) is 0 Å². The third-order valence-electron chi connectivity index (χ3n) is 4.93. The molecule has 0 saturated carbocycles. The van der Waals surface area contributed by atoms with E-state index in [4.69, 9.17) is 11.6 Å². The van der Waals surface area contributed by atoms with Gasteiger partial charge in [-0.2, -0.15) is 0 Å². The number of halogens is 1. The van der Waals surface area contributed by atoms with Crippen molar-refractivity contribution in [3.63, 3.8) is 0 Å². The Labute approximate surface area is 173 Å². The highest BCUT2D eigenvalue weighted by molar-refractivity contribution is 7.89. The van der Waals surface area contributed by atoms with Gasteiger partial charge in [0.05, 0.1) is 5.02 Å². The van der Waals surface area contributed by atoms with Gasteiger partial charge in [0.2, 0.25) is 15.9 Å². The number of carbonyl (C=O) groups excluding carboxylic acids is 1. The van der Waals surface area contributed by atoms with E-state index in [1.807, 2.05) is 0 Å². The number of benzene rings is 1. The molecule has 0 aromatic heterocycles. The van der Waals surface area contributed by atoms with Crippen LogP contribution in [0.3, 0.4) is 0 Å². The highest BCUT2D eigenvalue weighted by atomic mass is 35.5. The molecule has 0 radical (unpaired) electrons. The first kappa shape index (κ1) is 23.1. The van der Waals surface area contributed by atoms with Crippen LogP contribution in [-0.4, -0.2) is 76.4 Å². The van der Waals surface area contributed by atoms with E-state index in [1.165, 1.54) is 17.4 Å². The molecule has 0 spiro atoms. The van der Waals surface area contributed by atoms with Gasteiger partial charge in [0.25, 0.3) is 0 Å². The van der Waals surface area contributed by atoms with Gasteiger partial charge in [0, 0.05) is 52.7 Å². The Balaban J connectivity index is 1.69. The maximum atomic E-state index is 12.7. The van der Waals surface area contributed by atoms with Crippen LogP contribution < -0.4 is 10.6 Å². The molecule has 1 aliphatic heterocycles. The summed E-state index contributed by atoms with van der Waals surface area (Å²) in [6.45, 7) is 7.79. The summed E-state index contributed by atoms with van der Waals surface area (Å²) in [7, 11) is -2.25. The molecular formula is C19H31ClN4O3S. The van der Waals surface area contributed by atoms with E-state index in [0.29, 0.717) is 12.1 Å². The van der Waals surface area contributed by atoms with Crippen LogP contribution in [-0.2, 0) is 14.8 Å². The molecule has 7 nitrogen and oxygen atoms in total. The Kier molecular flexibility index (Phi) is 9.17. The van der Waals surface area contributed by atoms with Gasteiger partial charge in [0.15, 0.2) is 0 Å². The summed E-state index contributed by atoms with van der Waals surface area (Å²) in [5.41, 5.74) is 0.703. The molecule has 1 fully saturated rings. The lowest BCUT2D eigenvalue weighted by atomic mass is 10.2. The Morgan fingerprint density at radius 2 is 2.00 bits per heavy atom. The molecule has 0 atom stereocenters. The molecule has 1 heterocycles. The summed E-state index contributed by atoms with van der Waals surface area (Å²) < 4.78 is 26.5. The van der Waals surface area contributed by atoms with Crippen LogP contribution in [0.1, 0.15) is 24.8 Å². The van der Waals surface area contributed by atoms with Crippen molar-refractivity contribution in [3.8, 4) is 0 Å². The van der Waals surface area contributed by atoms with E-state index in [2.05, 4.69) is 15.5 Å². The second-order valence-electron chi connectivity index (χ2n) is 7.11. The minimum atomic E-state index is -3.72. The highest BCUT2D eigenvalue weighted by Gasteiger charge is 2.24. The van der Waals surface area contributed by atoms with Crippen molar-refractivity contribution in [3.05, 3.63) is 28.8 Å². The maximum absolute atomic E-state index is 12.7. The van der Waals surface area contributed by atoms with Crippen molar-refractivity contribution in [2.75, 3.05) is 52.9 Å². The molecule has 1 aliphatic rings. The topological polar surface area (TPSA) is 81.8 Å². The van der Waals surface area contributed by atoms with Crippen LogP contribution >= 0.6 is 11.6 Å². The third-order valence-corrected chi connectivity index (χ3v) is 7.44. The van der Waals surface area contributed by atoms with E-state index < -0.39 is 10.0 Å². The van der Waals surface area contributed by atoms with Crippen molar-refractivity contribution in [2.45, 2.75) is 31.1 Å². The minimum absolute atomic E-state index is 0.0741. The average molecular weight is 431 g/mol. The molecule has 9 heteroatoms. The Morgan fingerprint density at radius 3 is 2.71 bits per heavy atom. The highest BCUT2D eigenvalue weighted by Crippen LogP contribution is 2.26. The number of unbranched alkanes of at least 4 members (excludes halogenated alkanes) is 1. The smallest absolute Gasteiger partial charge is 0.244 e. The standard InChI is InChI=1S/C19H31ClN4O3S/c1-16-6-5-7-17(19(16)20)28(26,27)23(2)13-8-18(25)22-9-3-4-12-24-14-10-21-11-15-24/h5-7,21H,3-4,8-15H2,1-2H3,(H,22,25). The second kappa shape index (κ2) is 11.1. The zero-order valence-corrected chi connectivity index (χ0v) is 18.3. The number of rotatable bonds is 10. The number of piperazine rings is 1. The molecule has 1 saturated heterocycles. The van der Waals surface area contributed by atoms with Gasteiger partial charge in [-0.1, -0.05) is 23.7 Å². The summed E-state index contributed by atoms with van der Waals surface area (Å²) in [6, 6.07) is 4.91. The van der Waals surface area contributed by atoms with Crippen LogP contribution in [0.5, 0.6) is 0 Å². The largest absolute Gasteiger partial charge is 0.356 e. The first-order valence-corrected chi connectivity index (χ1v) is 11.6. The van der Waals surface area contributed by atoms with E-state index in [-0.39, 0.29) is 28.8 Å². The van der Waals surface area contributed by atoms with E-state index in [1.54, 1.807) is 19.1 Å². The Morgan fingerprint density at radius 1 is 1.29 bits per heavy atom. The molecule has 0 bridgehead atoms. The fraction of sp³-hybridized carbons (Fsp3) is 0.632. The lowest BCUT2D eigenvalue weighted by molar-refractivity contribution is -0.121. The Bertz CT molecular complexity index is 752. The van der Waals surface area contributed by atoms with Crippen molar-refractivity contribution in [1.29, 1.82) is 0 Å². The molecule has 2 N–H and O–H groups in total. The molecule has 158 valence electrons. The number of hydrogen-bond acceptors (Lipinski definition) is 5. The van der Waals surface area contributed by atoms with Crippen molar-refractivity contribution in [1.82, 2.24) is 19.8 Å². The maximum Gasteiger partial charge on any atom is 0.244 e. The van der Waals surface area contributed by atoms with Crippen molar-refractivity contribution in [2.24, 2.45) is 0 Å². The first-order valence-electron chi connectivity index (χ1n) is 9.73. The molecule has 28 heavy (non-hydrogen) atoms. The summed E-state index contributed by atoms with van der Waals surface area (Å²) in [5, 5.41) is 6.42. The number of nitrogens with zero attached hydrogens (tertiary/aromatic N) is 2. The minimum Gasteiger partial charge on any atom is -0.356 e. The third kappa shape index (κ3) is 6.70. The zero-order valence-electron chi connectivity index (χ0n) is 16.7. The first-order chi connectivity index (χ1) is 13.3. The fourth-order valence-electron chi connectivity index (χ4n) is 3.08. The summed E-state index contributed by atoms with van der Waals surface area (Å²) in [5.74, 6) is -0.139. The normalized spacial score (nSPS) is 15.7. The number of carbonyl (C=O) groups is 1. The SMILES string of the molecule is Cc1cccc(S(=O)(=O)N(C)CCC(=O)NCCCCN2CCNCC2)c1Cl. The van der Waals surface area contributed by atoms with Crippen LogP contribution in [0, 0.1) is 6.92 Å². The average Bonchev–Trinajstić information content (AvgIpc) is 2.68.